The van der Waals surface area contributed by atoms with E-state index in [2.05, 4.69) is 0 Å². The molecule has 0 amide bonds. The quantitative estimate of drug-likeness (QED) is 0.659. The second-order valence-corrected chi connectivity index (χ2v) is 6.08. The van der Waals surface area contributed by atoms with Gasteiger partial charge in [-0.3, -0.25) is 0 Å². The van der Waals surface area contributed by atoms with Gasteiger partial charge in [-0.15, -0.1) is 0 Å². The van der Waals surface area contributed by atoms with Crippen molar-refractivity contribution in [1.82, 2.24) is 0 Å². The molecule has 0 bridgehead atoms. The molecule has 0 fully saturated rings. The van der Waals surface area contributed by atoms with Gasteiger partial charge in [0, 0.05) is 0 Å². The maximum absolute atomic E-state index is 12.0. The van der Waals surface area contributed by atoms with Crippen LogP contribution in [0.3, 0.4) is 0 Å². The largest absolute Gasteiger partial charge is 0.493 e. The minimum atomic E-state index is -0.511. The van der Waals surface area contributed by atoms with E-state index in [1.807, 2.05) is 31.2 Å². The Morgan fingerprint density at radius 2 is 2.07 bits per heavy atom. The molecule has 27 heavy (non-hydrogen) atoms. The first-order valence-corrected chi connectivity index (χ1v) is 8.65. The fraction of sp³-hybridized carbons (Fsp3) is 0.250. The molecule has 0 spiro atoms. The minimum Gasteiger partial charge on any atom is -0.493 e. The van der Waals surface area contributed by atoms with Crippen LogP contribution < -0.4 is 18.9 Å². The third-order valence-electron chi connectivity index (χ3n) is 3.78. The van der Waals surface area contributed by atoms with Crippen LogP contribution in [0, 0.1) is 0 Å². The van der Waals surface area contributed by atoms with Crippen LogP contribution >= 0.6 is 11.6 Å². The number of rotatable bonds is 7. The lowest BCUT2D eigenvalue weighted by Gasteiger charge is -2.11. The van der Waals surface area contributed by atoms with Gasteiger partial charge in [-0.2, -0.15) is 0 Å². The number of carbonyl (C=O) groups is 1. The fourth-order valence-corrected chi connectivity index (χ4v) is 2.83. The van der Waals surface area contributed by atoms with Gasteiger partial charge < -0.3 is 23.7 Å². The van der Waals surface area contributed by atoms with Gasteiger partial charge >= 0.3 is 5.97 Å². The van der Waals surface area contributed by atoms with E-state index in [0.717, 1.165) is 5.56 Å². The Bertz CT molecular complexity index is 862. The summed E-state index contributed by atoms with van der Waals surface area (Å²) in [4.78, 5) is 12.0. The van der Waals surface area contributed by atoms with E-state index in [4.69, 9.17) is 35.3 Å². The maximum Gasteiger partial charge on any atom is 0.344 e. The smallest absolute Gasteiger partial charge is 0.344 e. The molecule has 6 nitrogen and oxygen atoms in total. The van der Waals surface area contributed by atoms with Gasteiger partial charge in [0.05, 0.1) is 12.1 Å². The minimum absolute atomic E-state index is 0.0515. The number of halogens is 1. The summed E-state index contributed by atoms with van der Waals surface area (Å²) in [5, 5.41) is 0.415. The summed E-state index contributed by atoms with van der Waals surface area (Å²) < 4.78 is 26.6. The molecule has 7 heteroatoms. The van der Waals surface area contributed by atoms with E-state index in [-0.39, 0.29) is 20.0 Å². The molecule has 0 aliphatic carbocycles. The van der Waals surface area contributed by atoms with Crippen LogP contribution in [-0.4, -0.2) is 26.5 Å². The van der Waals surface area contributed by atoms with Crippen LogP contribution in [-0.2, 0) is 16.1 Å². The van der Waals surface area contributed by atoms with Gasteiger partial charge in [-0.1, -0.05) is 29.8 Å². The Morgan fingerprint density at radius 3 is 2.85 bits per heavy atom. The van der Waals surface area contributed by atoms with E-state index < -0.39 is 5.97 Å². The van der Waals surface area contributed by atoms with E-state index in [1.54, 1.807) is 25.3 Å². The maximum atomic E-state index is 12.0. The first-order chi connectivity index (χ1) is 13.1. The highest BCUT2D eigenvalue weighted by molar-refractivity contribution is 6.32. The van der Waals surface area contributed by atoms with Crippen LogP contribution in [0.2, 0.25) is 5.02 Å². The van der Waals surface area contributed by atoms with Gasteiger partial charge in [0.1, 0.15) is 6.61 Å². The van der Waals surface area contributed by atoms with Crippen molar-refractivity contribution in [3.8, 4) is 23.0 Å². The van der Waals surface area contributed by atoms with Crippen LogP contribution in [0.25, 0.3) is 6.08 Å². The van der Waals surface area contributed by atoms with Crippen LogP contribution in [0.1, 0.15) is 18.1 Å². The Hall–Kier alpha value is -2.86. The van der Waals surface area contributed by atoms with Crippen molar-refractivity contribution in [2.24, 2.45) is 0 Å². The zero-order valence-corrected chi connectivity index (χ0v) is 15.7. The summed E-state index contributed by atoms with van der Waals surface area (Å²) in [5.74, 6) is 1.54. The number of hydrogen-bond donors (Lipinski definition) is 0. The van der Waals surface area contributed by atoms with Crippen LogP contribution in [0.15, 0.2) is 36.4 Å². The van der Waals surface area contributed by atoms with Gasteiger partial charge in [0.25, 0.3) is 0 Å². The second-order valence-electron chi connectivity index (χ2n) is 5.67. The fourth-order valence-electron chi connectivity index (χ4n) is 2.55. The highest BCUT2D eigenvalue weighted by Crippen LogP contribution is 2.39. The average Bonchev–Trinajstić information content (AvgIpc) is 3.14. The number of carbonyl (C=O) groups excluding carboxylic acids is 1. The Labute approximate surface area is 162 Å². The summed E-state index contributed by atoms with van der Waals surface area (Å²) >= 11 is 6.11. The van der Waals surface area contributed by atoms with Crippen molar-refractivity contribution in [2.45, 2.75) is 13.5 Å². The molecule has 1 aliphatic heterocycles. The molecule has 0 N–H and O–H groups in total. The zero-order chi connectivity index (χ0) is 19.2. The number of ether oxygens (including phenoxy) is 5. The monoisotopic (exact) mass is 390 g/mol. The molecule has 1 heterocycles. The van der Waals surface area contributed by atoms with Crippen molar-refractivity contribution in [3.05, 3.63) is 52.6 Å². The first kappa shape index (κ1) is 18.9. The highest BCUT2D eigenvalue weighted by atomic mass is 35.5. The molecule has 0 saturated carbocycles. The molecule has 0 atom stereocenters. The third kappa shape index (κ3) is 4.65. The van der Waals surface area contributed by atoms with E-state index >= 15 is 0 Å². The number of hydrogen-bond acceptors (Lipinski definition) is 6. The van der Waals surface area contributed by atoms with Crippen molar-refractivity contribution < 1.29 is 28.5 Å². The van der Waals surface area contributed by atoms with Crippen LogP contribution in [0.5, 0.6) is 23.0 Å². The predicted molar refractivity (Wildman–Crippen MR) is 101 cm³/mol. The van der Waals surface area contributed by atoms with Gasteiger partial charge in [-0.25, -0.2) is 4.79 Å². The highest BCUT2D eigenvalue weighted by Gasteiger charge is 2.19. The molecule has 2 aromatic rings. The van der Waals surface area contributed by atoms with E-state index in [9.17, 15) is 4.79 Å². The Kier molecular flexibility index (Phi) is 6.08. The van der Waals surface area contributed by atoms with Crippen molar-refractivity contribution in [3.63, 3.8) is 0 Å². The molecule has 142 valence electrons. The zero-order valence-electron chi connectivity index (χ0n) is 15.0. The lowest BCUT2D eigenvalue weighted by atomic mass is 10.2. The van der Waals surface area contributed by atoms with Gasteiger partial charge in [-0.05, 0) is 42.3 Å². The van der Waals surface area contributed by atoms with Gasteiger partial charge in [0.15, 0.2) is 29.6 Å². The summed E-state index contributed by atoms with van der Waals surface area (Å²) in [6.45, 7) is 1.87. The van der Waals surface area contributed by atoms with Crippen molar-refractivity contribution >= 4 is 23.6 Å². The summed E-state index contributed by atoms with van der Waals surface area (Å²) in [6.07, 6.45) is 3.87. The van der Waals surface area contributed by atoms with E-state index in [0.29, 0.717) is 33.6 Å². The summed E-state index contributed by atoms with van der Waals surface area (Å²) in [5.41, 5.74) is 1.68. The summed E-state index contributed by atoms with van der Waals surface area (Å²) in [7, 11) is 1.54. The topological polar surface area (TPSA) is 63.2 Å². The molecule has 0 unspecified atom stereocenters. The van der Waals surface area contributed by atoms with Gasteiger partial charge in [0.2, 0.25) is 6.79 Å². The molecular formula is C20H19ClO6. The number of methoxy groups -OCH3 is 1. The molecule has 0 saturated heterocycles. The molecule has 2 aromatic carbocycles. The Balaban J connectivity index is 1.55. The number of benzene rings is 2. The lowest BCUT2D eigenvalue weighted by Crippen LogP contribution is -2.15. The molecule has 1 aliphatic rings. The van der Waals surface area contributed by atoms with Crippen LogP contribution in [0.4, 0.5) is 0 Å². The SMILES string of the molecule is C/C=C/c1ccc(OCC(=O)OCc2cc(Cl)c3c(c2)OCO3)c(OC)c1. The van der Waals surface area contributed by atoms with E-state index in [1.165, 1.54) is 0 Å². The molecule has 3 rings (SSSR count). The Morgan fingerprint density at radius 1 is 1.22 bits per heavy atom. The molecular weight excluding hydrogens is 372 g/mol. The second kappa shape index (κ2) is 8.68. The van der Waals surface area contributed by atoms with Crippen molar-refractivity contribution in [1.29, 1.82) is 0 Å². The normalized spacial score (nSPS) is 12.3. The lowest BCUT2D eigenvalue weighted by molar-refractivity contribution is -0.147. The number of fused-ring (bicyclic) bond motifs is 1. The predicted octanol–water partition coefficient (Wildman–Crippen LogP) is 4.23. The standard InChI is InChI=1S/C20H19ClO6/c1-3-4-13-5-6-16(17(8-13)23-2)24-11-19(22)25-10-14-7-15(21)20-18(9-14)26-12-27-20/h3-9H,10-12H2,1-2H3/b4-3+. The number of esters is 1. The third-order valence-corrected chi connectivity index (χ3v) is 4.06. The van der Waals surface area contributed by atoms with Crippen molar-refractivity contribution in [2.75, 3.05) is 20.5 Å². The average molecular weight is 391 g/mol. The number of allylic oxidation sites excluding steroid dienone is 1. The molecule has 0 aromatic heterocycles. The first-order valence-electron chi connectivity index (χ1n) is 8.28. The summed E-state index contributed by atoms with van der Waals surface area (Å²) in [6, 6.07) is 8.85. The molecule has 0 radical (unpaired) electrons.